The van der Waals surface area contributed by atoms with Gasteiger partial charge in [-0.1, -0.05) is 26.7 Å². The maximum atomic E-state index is 12.0. The molecule has 13 heteroatoms. The first kappa shape index (κ1) is 32.0. The van der Waals surface area contributed by atoms with Crippen LogP contribution >= 0.6 is 0 Å². The number of ether oxygens (including phenoxy) is 1. The Morgan fingerprint density at radius 1 is 1.05 bits per heavy atom. The Kier molecular flexibility index (Phi) is 11.2. The molecular weight excluding hydrogens is 537 g/mol. The van der Waals surface area contributed by atoms with Gasteiger partial charge in [0, 0.05) is 36.4 Å². The van der Waals surface area contributed by atoms with Crippen LogP contribution in [0.3, 0.4) is 0 Å². The minimum absolute atomic E-state index is 0.0139. The van der Waals surface area contributed by atoms with Crippen LogP contribution in [0, 0.1) is 6.92 Å². The van der Waals surface area contributed by atoms with Crippen LogP contribution in [-0.4, -0.2) is 68.4 Å². The maximum absolute atomic E-state index is 12.0. The molecule has 10 nitrogen and oxygen atoms in total. The van der Waals surface area contributed by atoms with E-state index >= 15 is 0 Å². The third kappa shape index (κ3) is 7.60. The molecule has 0 bridgehead atoms. The summed E-state index contributed by atoms with van der Waals surface area (Å²) >= 11 is 0. The molecule has 0 aromatic carbocycles. The molecule has 0 atom stereocenters. The summed E-state index contributed by atoms with van der Waals surface area (Å²) in [7, 11) is 1.50. The fraction of sp³-hybridized carbons (Fsp3) is 0.500. The number of pyridine rings is 2. The van der Waals surface area contributed by atoms with E-state index in [2.05, 4.69) is 50.8 Å². The first-order valence-electron chi connectivity index (χ1n) is 13.7. The van der Waals surface area contributed by atoms with Gasteiger partial charge in [-0.3, -0.25) is 10.1 Å². The van der Waals surface area contributed by atoms with E-state index in [0.717, 1.165) is 60.2 Å². The second-order valence-corrected chi connectivity index (χ2v) is 9.53. The van der Waals surface area contributed by atoms with Crippen molar-refractivity contribution in [2.75, 3.05) is 38.3 Å². The molecule has 4 aromatic heterocycles. The van der Waals surface area contributed by atoms with Gasteiger partial charge in [0.15, 0.2) is 11.5 Å². The number of halogens is 3. The fourth-order valence-electron chi connectivity index (χ4n) is 4.87. The van der Waals surface area contributed by atoms with E-state index in [0.29, 0.717) is 26.1 Å². The number of alkyl halides is 3. The molecule has 0 aliphatic carbocycles. The summed E-state index contributed by atoms with van der Waals surface area (Å²) in [5.41, 5.74) is 4.59. The van der Waals surface area contributed by atoms with Crippen LogP contribution in [0.5, 0.6) is 0 Å². The molecule has 1 fully saturated rings. The van der Waals surface area contributed by atoms with Crippen molar-refractivity contribution in [1.29, 1.82) is 0 Å². The summed E-state index contributed by atoms with van der Waals surface area (Å²) < 4.78 is 43.3. The average Bonchev–Trinajstić information content (AvgIpc) is 3.64. The Morgan fingerprint density at radius 3 is 2.27 bits per heavy atom. The normalized spacial score (nSPS) is 13.8. The summed E-state index contributed by atoms with van der Waals surface area (Å²) in [4.78, 5) is 10.7. The van der Waals surface area contributed by atoms with E-state index in [1.54, 1.807) is 17.1 Å². The standard InChI is InChI=1S/C20H28N6O2.C7H6F3N.CH5N/c1-3-6-20(27,7-4-2)16-13-18(25-9-11-28-12-10-25)23-19-15(16)14-22-26(19)17-5-8-21-24-17;1-5-6(7(8,9)10)3-2-4-11-5;1-2/h5,8,13-14,27H,3-4,6-7,9-12H2,1-2H3,(H,21,24);2-4H,1H3;2H2,1H3. The van der Waals surface area contributed by atoms with E-state index in [9.17, 15) is 18.3 Å². The van der Waals surface area contributed by atoms with Gasteiger partial charge in [0.05, 0.1) is 36.8 Å². The van der Waals surface area contributed by atoms with Crippen molar-refractivity contribution in [3.8, 4) is 5.82 Å². The maximum Gasteiger partial charge on any atom is 0.418 e. The highest BCUT2D eigenvalue weighted by Crippen LogP contribution is 2.38. The summed E-state index contributed by atoms with van der Waals surface area (Å²) in [6.45, 7) is 8.49. The lowest BCUT2D eigenvalue weighted by Crippen LogP contribution is -2.37. The van der Waals surface area contributed by atoms with Crippen molar-refractivity contribution in [3.05, 3.63) is 59.7 Å². The lowest BCUT2D eigenvalue weighted by Gasteiger charge is -2.32. The zero-order chi connectivity index (χ0) is 30.0. The molecule has 0 spiro atoms. The highest BCUT2D eigenvalue weighted by Gasteiger charge is 2.33. The molecule has 0 saturated carbocycles. The molecule has 1 aliphatic rings. The van der Waals surface area contributed by atoms with Gasteiger partial charge < -0.3 is 20.5 Å². The molecule has 1 saturated heterocycles. The topological polar surface area (TPSA) is 131 Å². The number of rotatable bonds is 7. The molecule has 5 rings (SSSR count). The van der Waals surface area contributed by atoms with Crippen LogP contribution in [0.1, 0.15) is 56.4 Å². The average molecular weight is 577 g/mol. The predicted octanol–water partition coefficient (Wildman–Crippen LogP) is 4.75. The van der Waals surface area contributed by atoms with Crippen LogP contribution in [0.4, 0.5) is 19.0 Å². The van der Waals surface area contributed by atoms with E-state index in [1.165, 1.54) is 26.2 Å². The Bertz CT molecular complexity index is 1350. The largest absolute Gasteiger partial charge is 0.418 e. The Hall–Kier alpha value is -3.55. The van der Waals surface area contributed by atoms with Crippen LogP contribution in [0.15, 0.2) is 42.9 Å². The number of aromatic amines is 1. The molecule has 0 radical (unpaired) electrons. The quantitative estimate of drug-likeness (QED) is 0.287. The predicted molar refractivity (Wildman–Crippen MR) is 152 cm³/mol. The molecule has 1 aliphatic heterocycles. The number of aromatic nitrogens is 6. The van der Waals surface area contributed by atoms with Crippen molar-refractivity contribution < 1.29 is 23.0 Å². The molecule has 41 heavy (non-hydrogen) atoms. The van der Waals surface area contributed by atoms with Gasteiger partial charge in [-0.05, 0) is 50.6 Å². The fourth-order valence-corrected chi connectivity index (χ4v) is 4.87. The summed E-state index contributed by atoms with van der Waals surface area (Å²) in [6, 6.07) is 6.20. The van der Waals surface area contributed by atoms with Crippen molar-refractivity contribution in [1.82, 2.24) is 29.9 Å². The third-order valence-corrected chi connectivity index (χ3v) is 6.72. The minimum Gasteiger partial charge on any atom is -0.385 e. The molecule has 0 unspecified atom stereocenters. The molecule has 0 amide bonds. The molecule has 4 aromatic rings. The number of aliphatic hydroxyl groups is 1. The van der Waals surface area contributed by atoms with Gasteiger partial charge >= 0.3 is 6.18 Å². The van der Waals surface area contributed by atoms with E-state index in [1.807, 2.05) is 6.07 Å². The summed E-state index contributed by atoms with van der Waals surface area (Å²) in [5.74, 6) is 1.61. The second-order valence-electron chi connectivity index (χ2n) is 9.53. The number of anilines is 1. The zero-order valence-electron chi connectivity index (χ0n) is 23.9. The Balaban J connectivity index is 0.000000299. The number of H-pyrrole nitrogens is 1. The first-order valence-corrected chi connectivity index (χ1v) is 13.7. The summed E-state index contributed by atoms with van der Waals surface area (Å²) in [6.07, 6.45) is 3.78. The van der Waals surface area contributed by atoms with Crippen LogP contribution in [-0.2, 0) is 16.5 Å². The minimum atomic E-state index is -4.28. The highest BCUT2D eigenvalue weighted by molar-refractivity contribution is 5.83. The number of nitrogens with two attached hydrogens (primary N) is 1. The van der Waals surface area contributed by atoms with Crippen LogP contribution in [0.2, 0.25) is 0 Å². The Morgan fingerprint density at radius 2 is 1.73 bits per heavy atom. The Labute approximate surface area is 237 Å². The van der Waals surface area contributed by atoms with Crippen LogP contribution < -0.4 is 10.6 Å². The van der Waals surface area contributed by atoms with Gasteiger partial charge in [0.25, 0.3) is 0 Å². The first-order chi connectivity index (χ1) is 19.7. The second kappa shape index (κ2) is 14.4. The highest BCUT2D eigenvalue weighted by atomic mass is 19.4. The van der Waals surface area contributed by atoms with Gasteiger partial charge in [0.1, 0.15) is 5.82 Å². The summed E-state index contributed by atoms with van der Waals surface area (Å²) in [5, 5.41) is 24.0. The third-order valence-electron chi connectivity index (χ3n) is 6.72. The van der Waals surface area contributed by atoms with Gasteiger partial charge in [-0.15, -0.1) is 0 Å². The number of nitrogens with zero attached hydrogens (tertiary/aromatic N) is 6. The van der Waals surface area contributed by atoms with Crippen molar-refractivity contribution >= 4 is 16.9 Å². The number of fused-ring (bicyclic) bond motifs is 1. The number of morpholine rings is 1. The van der Waals surface area contributed by atoms with Gasteiger partial charge in [-0.25, -0.2) is 4.98 Å². The smallest absolute Gasteiger partial charge is 0.385 e. The van der Waals surface area contributed by atoms with Gasteiger partial charge in [-0.2, -0.15) is 28.1 Å². The van der Waals surface area contributed by atoms with Crippen LogP contribution in [0.25, 0.3) is 16.9 Å². The van der Waals surface area contributed by atoms with Crippen molar-refractivity contribution in [2.45, 2.75) is 58.2 Å². The number of nitrogens with one attached hydrogen (secondary N) is 1. The number of aryl methyl sites for hydroxylation is 1. The zero-order valence-corrected chi connectivity index (χ0v) is 23.9. The van der Waals surface area contributed by atoms with E-state index < -0.39 is 17.3 Å². The lowest BCUT2D eigenvalue weighted by atomic mass is 9.84. The van der Waals surface area contributed by atoms with E-state index in [4.69, 9.17) is 9.72 Å². The molecule has 224 valence electrons. The number of hydrogen-bond acceptors (Lipinski definition) is 8. The monoisotopic (exact) mass is 576 g/mol. The molecule has 4 N–H and O–H groups in total. The van der Waals surface area contributed by atoms with Crippen molar-refractivity contribution in [2.24, 2.45) is 5.73 Å². The van der Waals surface area contributed by atoms with Gasteiger partial charge in [0.2, 0.25) is 0 Å². The SMILES string of the molecule is CCCC(O)(CCC)c1cc(N2CCOCC2)nc2c1cnn2-c1ccn[nH]1.CN.Cc1ncccc1C(F)(F)F. The molecular formula is C28H39F3N8O2. The van der Waals surface area contributed by atoms with Crippen molar-refractivity contribution in [3.63, 3.8) is 0 Å². The number of hydrogen-bond donors (Lipinski definition) is 3. The van der Waals surface area contributed by atoms with E-state index in [-0.39, 0.29) is 5.69 Å². The molecule has 5 heterocycles. The lowest BCUT2D eigenvalue weighted by molar-refractivity contribution is -0.138.